The van der Waals surface area contributed by atoms with Crippen LogP contribution in [-0.4, -0.2) is 33.6 Å². The van der Waals surface area contributed by atoms with Crippen molar-refractivity contribution >= 4 is 29.3 Å². The van der Waals surface area contributed by atoms with Gasteiger partial charge >= 0.3 is 5.97 Å². The quantitative estimate of drug-likeness (QED) is 0.582. The number of carbonyl (C=O) groups excluding carboxylic acids is 2. The lowest BCUT2D eigenvalue weighted by molar-refractivity contribution is -0.142. The first-order chi connectivity index (χ1) is 13.6. The maximum atomic E-state index is 11.9. The van der Waals surface area contributed by atoms with Crippen molar-refractivity contribution in [3.05, 3.63) is 66.1 Å². The molecule has 1 amide bonds. The molecule has 0 aliphatic heterocycles. The zero-order valence-corrected chi connectivity index (χ0v) is 16.1. The van der Waals surface area contributed by atoms with Gasteiger partial charge < -0.3 is 14.5 Å². The van der Waals surface area contributed by atoms with Crippen LogP contribution in [0, 0.1) is 6.92 Å². The number of esters is 1. The molecule has 7 nitrogen and oxygen atoms in total. The normalized spacial score (nSPS) is 10.5. The minimum absolute atomic E-state index is 0.0565. The van der Waals surface area contributed by atoms with Crippen molar-refractivity contribution in [2.45, 2.75) is 13.5 Å². The molecular weight excluding hydrogens is 378 g/mol. The van der Waals surface area contributed by atoms with E-state index in [-0.39, 0.29) is 29.9 Å². The Bertz CT molecular complexity index is 926. The van der Waals surface area contributed by atoms with E-state index in [2.05, 4.69) is 15.5 Å². The second-order valence-electron chi connectivity index (χ2n) is 5.93. The minimum atomic E-state index is -0.451. The molecule has 0 fully saturated rings. The predicted molar refractivity (Wildman–Crippen MR) is 107 cm³/mol. The first-order valence-corrected chi connectivity index (χ1v) is 9.73. The number of aromatic nitrogens is 2. The van der Waals surface area contributed by atoms with Crippen LogP contribution in [0.25, 0.3) is 11.5 Å². The second-order valence-corrected chi connectivity index (χ2v) is 6.92. The fourth-order valence-corrected chi connectivity index (χ4v) is 2.86. The van der Waals surface area contributed by atoms with Gasteiger partial charge in [0, 0.05) is 11.3 Å². The number of nitrogens with zero attached hydrogens (tertiary/aromatic N) is 2. The predicted octanol–water partition coefficient (Wildman–Crippen LogP) is 3.46. The average molecular weight is 397 g/mol. The summed E-state index contributed by atoms with van der Waals surface area (Å²) in [6, 6.07) is 16.8. The van der Waals surface area contributed by atoms with Crippen molar-refractivity contribution in [2.75, 3.05) is 16.8 Å². The lowest BCUT2D eigenvalue weighted by Crippen LogP contribution is -2.16. The fourth-order valence-electron chi connectivity index (χ4n) is 2.25. The van der Waals surface area contributed by atoms with Crippen molar-refractivity contribution in [3.63, 3.8) is 0 Å². The number of aryl methyl sites for hydroxylation is 1. The molecule has 144 valence electrons. The highest BCUT2D eigenvalue weighted by Crippen LogP contribution is 2.17. The Morgan fingerprint density at radius 2 is 1.79 bits per heavy atom. The number of carbonyl (C=O) groups is 2. The molecule has 0 saturated carbocycles. The molecule has 3 aromatic rings. The largest absolute Gasteiger partial charge is 0.455 e. The Balaban J connectivity index is 1.36. The minimum Gasteiger partial charge on any atom is -0.455 e. The lowest BCUT2D eigenvalue weighted by atomic mass is 10.2. The smallest absolute Gasteiger partial charge is 0.316 e. The molecule has 1 aromatic heterocycles. The van der Waals surface area contributed by atoms with Gasteiger partial charge in [-0.15, -0.1) is 22.0 Å². The van der Waals surface area contributed by atoms with Gasteiger partial charge in [0.15, 0.2) is 6.61 Å². The summed E-state index contributed by atoms with van der Waals surface area (Å²) in [6.45, 7) is 1.87. The average Bonchev–Trinajstić information content (AvgIpc) is 3.18. The Morgan fingerprint density at radius 3 is 2.54 bits per heavy atom. The molecule has 8 heteroatoms. The summed E-state index contributed by atoms with van der Waals surface area (Å²) in [5, 5.41) is 10.6. The van der Waals surface area contributed by atoms with Gasteiger partial charge in [0.05, 0.1) is 11.5 Å². The molecule has 0 radical (unpaired) electrons. The molecule has 0 aliphatic carbocycles. The van der Waals surface area contributed by atoms with Gasteiger partial charge in [0.1, 0.15) is 0 Å². The van der Waals surface area contributed by atoms with E-state index < -0.39 is 5.97 Å². The number of amides is 1. The van der Waals surface area contributed by atoms with Crippen LogP contribution in [0.3, 0.4) is 0 Å². The summed E-state index contributed by atoms with van der Waals surface area (Å²) in [7, 11) is 0. The summed E-state index contributed by atoms with van der Waals surface area (Å²) < 4.78 is 10.6. The SMILES string of the molecule is Cc1ccc(NC(=O)CSCC(=O)OCc2nnc(-c3ccccc3)o2)cc1. The highest BCUT2D eigenvalue weighted by molar-refractivity contribution is 8.00. The Hall–Kier alpha value is -3.13. The maximum Gasteiger partial charge on any atom is 0.316 e. The van der Waals surface area contributed by atoms with E-state index in [4.69, 9.17) is 9.15 Å². The third kappa shape index (κ3) is 5.95. The van der Waals surface area contributed by atoms with Crippen molar-refractivity contribution < 1.29 is 18.7 Å². The lowest BCUT2D eigenvalue weighted by Gasteiger charge is -2.05. The summed E-state index contributed by atoms with van der Waals surface area (Å²) in [5.41, 5.74) is 2.64. The molecule has 0 atom stereocenters. The Morgan fingerprint density at radius 1 is 1.04 bits per heavy atom. The Kier molecular flexibility index (Phi) is 6.80. The van der Waals surface area contributed by atoms with Gasteiger partial charge in [-0.1, -0.05) is 35.9 Å². The molecule has 2 aromatic carbocycles. The standard InChI is InChI=1S/C20H19N3O4S/c1-14-7-9-16(10-8-14)21-17(24)12-28-13-19(25)26-11-18-22-23-20(27-18)15-5-3-2-4-6-15/h2-10H,11-13H2,1H3,(H,21,24). The number of benzene rings is 2. The zero-order valence-electron chi connectivity index (χ0n) is 15.3. The van der Waals surface area contributed by atoms with Gasteiger partial charge in [-0.05, 0) is 31.2 Å². The third-order valence-electron chi connectivity index (χ3n) is 3.63. The molecule has 0 aliphatic rings. The van der Waals surface area contributed by atoms with Crippen LogP contribution in [0.5, 0.6) is 0 Å². The van der Waals surface area contributed by atoms with E-state index in [0.29, 0.717) is 5.89 Å². The van der Waals surface area contributed by atoms with Gasteiger partial charge in [-0.3, -0.25) is 9.59 Å². The van der Waals surface area contributed by atoms with E-state index in [1.165, 1.54) is 11.8 Å². The second kappa shape index (κ2) is 9.70. The number of hydrogen-bond donors (Lipinski definition) is 1. The summed E-state index contributed by atoms with van der Waals surface area (Å²) in [4.78, 5) is 23.7. The van der Waals surface area contributed by atoms with Crippen LogP contribution in [-0.2, 0) is 20.9 Å². The first kappa shape index (κ1) is 19.6. The molecule has 1 heterocycles. The summed E-state index contributed by atoms with van der Waals surface area (Å²) in [5.74, 6) is 0.171. The van der Waals surface area contributed by atoms with E-state index in [1.54, 1.807) is 0 Å². The van der Waals surface area contributed by atoms with Gasteiger partial charge in [-0.2, -0.15) is 0 Å². The van der Waals surface area contributed by atoms with Crippen LogP contribution in [0.1, 0.15) is 11.5 Å². The summed E-state index contributed by atoms with van der Waals surface area (Å²) in [6.07, 6.45) is 0. The number of anilines is 1. The van der Waals surface area contributed by atoms with E-state index in [9.17, 15) is 9.59 Å². The van der Waals surface area contributed by atoms with Gasteiger partial charge in [0.2, 0.25) is 11.8 Å². The zero-order chi connectivity index (χ0) is 19.8. The molecular formula is C20H19N3O4S. The molecule has 0 spiro atoms. The van der Waals surface area contributed by atoms with Crippen LogP contribution in [0.15, 0.2) is 59.0 Å². The topological polar surface area (TPSA) is 94.3 Å². The van der Waals surface area contributed by atoms with Crippen LogP contribution in [0.4, 0.5) is 5.69 Å². The van der Waals surface area contributed by atoms with Crippen molar-refractivity contribution in [3.8, 4) is 11.5 Å². The first-order valence-electron chi connectivity index (χ1n) is 8.58. The van der Waals surface area contributed by atoms with Gasteiger partial charge in [-0.25, -0.2) is 0 Å². The monoisotopic (exact) mass is 397 g/mol. The van der Waals surface area contributed by atoms with Crippen LogP contribution >= 0.6 is 11.8 Å². The van der Waals surface area contributed by atoms with E-state index >= 15 is 0 Å². The third-order valence-corrected chi connectivity index (χ3v) is 4.54. The molecule has 0 saturated heterocycles. The van der Waals surface area contributed by atoms with Crippen LogP contribution in [0.2, 0.25) is 0 Å². The van der Waals surface area contributed by atoms with Gasteiger partial charge in [0.25, 0.3) is 5.89 Å². The van der Waals surface area contributed by atoms with Crippen molar-refractivity contribution in [1.29, 1.82) is 0 Å². The molecule has 0 bridgehead atoms. The van der Waals surface area contributed by atoms with E-state index in [0.717, 1.165) is 16.8 Å². The number of rotatable bonds is 8. The number of ether oxygens (including phenoxy) is 1. The highest BCUT2D eigenvalue weighted by Gasteiger charge is 2.12. The maximum absolute atomic E-state index is 11.9. The number of hydrogen-bond acceptors (Lipinski definition) is 7. The number of thioether (sulfide) groups is 1. The molecule has 0 unspecified atom stereocenters. The molecule has 1 N–H and O–H groups in total. The molecule has 3 rings (SSSR count). The van der Waals surface area contributed by atoms with E-state index in [1.807, 2.05) is 61.5 Å². The highest BCUT2D eigenvalue weighted by atomic mass is 32.2. The summed E-state index contributed by atoms with van der Waals surface area (Å²) >= 11 is 1.18. The fraction of sp³-hybridized carbons (Fsp3) is 0.200. The van der Waals surface area contributed by atoms with Crippen LogP contribution < -0.4 is 5.32 Å². The van der Waals surface area contributed by atoms with Crippen molar-refractivity contribution in [2.24, 2.45) is 0 Å². The number of nitrogens with one attached hydrogen (secondary N) is 1. The Labute approximate surface area is 166 Å². The van der Waals surface area contributed by atoms with Crippen molar-refractivity contribution in [1.82, 2.24) is 10.2 Å². The molecule has 28 heavy (non-hydrogen) atoms.